The molecule has 0 bridgehead atoms. The van der Waals surface area contributed by atoms with Gasteiger partial charge in [0.05, 0.1) is 23.3 Å². The Kier molecular flexibility index (Phi) is 7.23. The number of halogens is 3. The van der Waals surface area contributed by atoms with Gasteiger partial charge in [0.25, 0.3) is 5.91 Å². The van der Waals surface area contributed by atoms with Crippen LogP contribution in [-0.2, 0) is 4.79 Å². The van der Waals surface area contributed by atoms with Crippen LogP contribution in [-0.4, -0.2) is 48.0 Å². The fourth-order valence-corrected chi connectivity index (χ4v) is 4.15. The summed E-state index contributed by atoms with van der Waals surface area (Å²) in [5, 5.41) is 6.16. The van der Waals surface area contributed by atoms with E-state index in [-0.39, 0.29) is 16.6 Å². The van der Waals surface area contributed by atoms with Crippen LogP contribution >= 0.6 is 11.6 Å². The van der Waals surface area contributed by atoms with Crippen LogP contribution in [0.15, 0.2) is 48.6 Å². The highest BCUT2D eigenvalue weighted by Crippen LogP contribution is 2.34. The molecule has 3 aromatic rings. The Morgan fingerprint density at radius 2 is 2.12 bits per heavy atom. The van der Waals surface area contributed by atoms with Gasteiger partial charge in [0, 0.05) is 23.7 Å². The third-order valence-electron chi connectivity index (χ3n) is 5.65. The lowest BCUT2D eigenvalue weighted by atomic mass is 9.98. The van der Waals surface area contributed by atoms with Gasteiger partial charge in [0.15, 0.2) is 5.83 Å². The fraction of sp³-hybridized carbons (Fsp3) is 0.292. The number of carbonyl (C=O) groups is 1. The minimum Gasteiger partial charge on any atom is -0.494 e. The number of benzene rings is 2. The second-order valence-electron chi connectivity index (χ2n) is 8.18. The lowest BCUT2D eigenvalue weighted by Gasteiger charge is -2.27. The van der Waals surface area contributed by atoms with Crippen molar-refractivity contribution in [3.63, 3.8) is 0 Å². The summed E-state index contributed by atoms with van der Waals surface area (Å²) >= 11 is 5.87. The van der Waals surface area contributed by atoms with Gasteiger partial charge in [-0.3, -0.25) is 4.79 Å². The summed E-state index contributed by atoms with van der Waals surface area (Å²) in [7, 11) is 3.42. The van der Waals surface area contributed by atoms with Crippen molar-refractivity contribution in [1.82, 2.24) is 14.9 Å². The Hall–Kier alpha value is -3.30. The van der Waals surface area contributed by atoms with E-state index >= 15 is 0 Å². The molecule has 7 nitrogen and oxygen atoms in total. The van der Waals surface area contributed by atoms with Gasteiger partial charge >= 0.3 is 0 Å². The molecule has 0 saturated carbocycles. The molecule has 2 N–H and O–H groups in total. The first-order chi connectivity index (χ1) is 16.3. The first kappa shape index (κ1) is 23.8. The maximum Gasteiger partial charge on any atom is 0.284 e. The molecule has 0 radical (unpaired) electrons. The molecule has 2 heterocycles. The number of carbonyl (C=O) groups excluding carboxylic acids is 1. The van der Waals surface area contributed by atoms with Crippen LogP contribution in [0.25, 0.3) is 10.9 Å². The van der Waals surface area contributed by atoms with E-state index in [1.54, 1.807) is 12.1 Å². The van der Waals surface area contributed by atoms with E-state index in [1.165, 1.54) is 37.7 Å². The highest BCUT2D eigenvalue weighted by molar-refractivity contribution is 6.31. The average molecular weight is 488 g/mol. The number of amides is 1. The van der Waals surface area contributed by atoms with Crippen molar-refractivity contribution in [2.75, 3.05) is 37.9 Å². The number of piperidine rings is 1. The number of aromatic nitrogens is 2. The van der Waals surface area contributed by atoms with Gasteiger partial charge < -0.3 is 20.3 Å². The van der Waals surface area contributed by atoms with Crippen LogP contribution in [0, 0.1) is 11.7 Å². The Morgan fingerprint density at radius 1 is 1.29 bits per heavy atom. The normalized spacial score (nSPS) is 17.0. The minimum absolute atomic E-state index is 0.0188. The molecule has 1 aromatic heterocycles. The SMILES string of the molecule is COc1cc2ncnc(Nc3ccc(F)c(Cl)c3)c2cc1NC(=O)/C(F)=C/C1CCCN(C)C1. The summed E-state index contributed by atoms with van der Waals surface area (Å²) in [4.78, 5) is 23.2. The molecule has 0 spiro atoms. The van der Waals surface area contributed by atoms with Gasteiger partial charge in [-0.1, -0.05) is 11.6 Å². The number of hydrogen-bond acceptors (Lipinski definition) is 6. The van der Waals surface area contributed by atoms with Gasteiger partial charge in [0.1, 0.15) is 23.7 Å². The number of likely N-dealkylation sites (tertiary alicyclic amines) is 1. The standard InChI is InChI=1S/C24H24ClF2N5O2/c1-32-7-3-4-14(12-32)8-19(27)24(33)31-21-10-16-20(11-22(21)34-2)28-13-29-23(16)30-15-5-6-18(26)17(25)9-15/h5-6,8-11,13-14H,3-4,7,12H2,1-2H3,(H,31,33)(H,28,29,30)/b19-8-. The number of ether oxygens (including phenoxy) is 1. The predicted molar refractivity (Wildman–Crippen MR) is 129 cm³/mol. The van der Waals surface area contributed by atoms with E-state index < -0.39 is 17.6 Å². The minimum atomic E-state index is -0.859. The topological polar surface area (TPSA) is 79.4 Å². The molecule has 1 aliphatic rings. The molecule has 1 unspecified atom stereocenters. The van der Waals surface area contributed by atoms with Crippen molar-refractivity contribution in [1.29, 1.82) is 0 Å². The van der Waals surface area contributed by atoms with Gasteiger partial charge in [-0.25, -0.2) is 18.7 Å². The van der Waals surface area contributed by atoms with Crippen LogP contribution < -0.4 is 15.4 Å². The van der Waals surface area contributed by atoms with Gasteiger partial charge in [0.2, 0.25) is 0 Å². The smallest absolute Gasteiger partial charge is 0.284 e. The van der Waals surface area contributed by atoms with Crippen LogP contribution in [0.5, 0.6) is 5.75 Å². The monoisotopic (exact) mass is 487 g/mol. The van der Waals surface area contributed by atoms with Crippen molar-refractivity contribution >= 4 is 45.6 Å². The Balaban J connectivity index is 1.62. The number of fused-ring (bicyclic) bond motifs is 1. The second-order valence-corrected chi connectivity index (χ2v) is 8.59. The van der Waals surface area contributed by atoms with E-state index in [2.05, 4.69) is 25.5 Å². The first-order valence-corrected chi connectivity index (χ1v) is 11.1. The molecule has 4 rings (SSSR count). The quantitative estimate of drug-likeness (QED) is 0.459. The van der Waals surface area contributed by atoms with Crippen molar-refractivity contribution in [2.24, 2.45) is 5.92 Å². The van der Waals surface area contributed by atoms with E-state index in [0.717, 1.165) is 19.4 Å². The van der Waals surface area contributed by atoms with Crippen molar-refractivity contribution in [2.45, 2.75) is 12.8 Å². The fourth-order valence-electron chi connectivity index (χ4n) is 3.97. The maximum atomic E-state index is 14.7. The third-order valence-corrected chi connectivity index (χ3v) is 5.94. The van der Waals surface area contributed by atoms with Crippen LogP contribution in [0.2, 0.25) is 5.02 Å². The predicted octanol–water partition coefficient (Wildman–Crippen LogP) is 5.31. The Bertz CT molecular complexity index is 1250. The first-order valence-electron chi connectivity index (χ1n) is 10.8. The summed E-state index contributed by atoms with van der Waals surface area (Å²) in [6.07, 6.45) is 4.54. The van der Waals surface area contributed by atoms with Crippen molar-refractivity contribution < 1.29 is 18.3 Å². The van der Waals surface area contributed by atoms with Gasteiger partial charge in [-0.2, -0.15) is 0 Å². The van der Waals surface area contributed by atoms with Gasteiger partial charge in [-0.15, -0.1) is 0 Å². The van der Waals surface area contributed by atoms with Crippen LogP contribution in [0.4, 0.5) is 26.0 Å². The van der Waals surface area contributed by atoms with E-state index in [0.29, 0.717) is 34.7 Å². The molecule has 1 amide bonds. The zero-order valence-electron chi connectivity index (χ0n) is 18.7. The van der Waals surface area contributed by atoms with Gasteiger partial charge in [-0.05, 0) is 62.7 Å². The lowest BCUT2D eigenvalue weighted by molar-refractivity contribution is -0.114. The Labute approximate surface area is 200 Å². The maximum absolute atomic E-state index is 14.7. The second kappa shape index (κ2) is 10.3. The molecule has 10 heteroatoms. The summed E-state index contributed by atoms with van der Waals surface area (Å²) < 4.78 is 33.6. The molecule has 2 aromatic carbocycles. The molecular formula is C24H24ClF2N5O2. The third kappa shape index (κ3) is 5.43. The molecular weight excluding hydrogens is 464 g/mol. The van der Waals surface area contributed by atoms with Crippen molar-refractivity contribution in [3.8, 4) is 5.75 Å². The Morgan fingerprint density at radius 3 is 2.85 bits per heavy atom. The van der Waals surface area contributed by atoms with Crippen LogP contribution in [0.3, 0.4) is 0 Å². The summed E-state index contributed by atoms with van der Waals surface area (Å²) in [6, 6.07) is 7.40. The molecule has 178 valence electrons. The summed E-state index contributed by atoms with van der Waals surface area (Å²) in [5.74, 6) is -1.54. The molecule has 34 heavy (non-hydrogen) atoms. The lowest BCUT2D eigenvalue weighted by Crippen LogP contribution is -2.31. The summed E-state index contributed by atoms with van der Waals surface area (Å²) in [6.45, 7) is 1.68. The largest absolute Gasteiger partial charge is 0.494 e. The zero-order valence-corrected chi connectivity index (χ0v) is 19.5. The number of hydrogen-bond donors (Lipinski definition) is 2. The van der Waals surface area contributed by atoms with Crippen LogP contribution in [0.1, 0.15) is 12.8 Å². The van der Waals surface area contributed by atoms with Crippen molar-refractivity contribution in [3.05, 3.63) is 59.4 Å². The average Bonchev–Trinajstić information content (AvgIpc) is 2.81. The summed E-state index contributed by atoms with van der Waals surface area (Å²) in [5.41, 5.74) is 1.31. The number of anilines is 3. The van der Waals surface area contributed by atoms with E-state index in [1.807, 2.05) is 7.05 Å². The molecule has 1 aliphatic heterocycles. The molecule has 1 atom stereocenters. The van der Waals surface area contributed by atoms with E-state index in [4.69, 9.17) is 16.3 Å². The highest BCUT2D eigenvalue weighted by Gasteiger charge is 2.20. The molecule has 0 aliphatic carbocycles. The zero-order chi connectivity index (χ0) is 24.2. The number of methoxy groups -OCH3 is 1. The molecule has 1 fully saturated rings. The molecule has 1 saturated heterocycles. The highest BCUT2D eigenvalue weighted by atomic mass is 35.5. The number of nitrogens with zero attached hydrogens (tertiary/aromatic N) is 3. The number of nitrogens with one attached hydrogen (secondary N) is 2. The van der Waals surface area contributed by atoms with E-state index in [9.17, 15) is 13.6 Å². The number of rotatable bonds is 6.